The number of hydrazine groups is 1. The van der Waals surface area contributed by atoms with Crippen LogP contribution < -0.4 is 21.9 Å². The summed E-state index contributed by atoms with van der Waals surface area (Å²) in [6.07, 6.45) is 9.35. The van der Waals surface area contributed by atoms with E-state index in [1.54, 1.807) is 48.2 Å². The Bertz CT molecular complexity index is 1560. The third kappa shape index (κ3) is 5.86. The average Bonchev–Trinajstić information content (AvgIpc) is 3.39. The highest BCUT2D eigenvalue weighted by atomic mass is 35.5. The Balaban J connectivity index is 1.53. The fourth-order valence-electron chi connectivity index (χ4n) is 5.48. The molecule has 10 nitrogen and oxygen atoms in total. The number of nitrogens with one attached hydrogen (secondary N) is 1. The number of benzene rings is 1. The van der Waals surface area contributed by atoms with Crippen molar-refractivity contribution >= 4 is 40.4 Å². The van der Waals surface area contributed by atoms with E-state index in [0.717, 1.165) is 5.57 Å². The molecular weight excluding hydrogens is 566 g/mol. The zero-order chi connectivity index (χ0) is 30.0. The first-order valence-corrected chi connectivity index (χ1v) is 13.9. The second kappa shape index (κ2) is 12.3. The average molecular weight is 597 g/mol. The number of alkyl halides is 2. The number of carbonyl (C=O) groups is 2. The van der Waals surface area contributed by atoms with E-state index in [4.69, 9.17) is 23.2 Å². The van der Waals surface area contributed by atoms with Crippen molar-refractivity contribution < 1.29 is 18.4 Å². The van der Waals surface area contributed by atoms with Crippen LogP contribution in [0.3, 0.4) is 0 Å². The summed E-state index contributed by atoms with van der Waals surface area (Å²) in [6.45, 7) is -0.757. The fraction of sp³-hybridized carbons (Fsp3) is 0.310. The predicted octanol–water partition coefficient (Wildman–Crippen LogP) is 5.22. The number of hydrogen-bond acceptors (Lipinski definition) is 7. The molecule has 3 aromatic rings. The van der Waals surface area contributed by atoms with E-state index < -0.39 is 12.6 Å². The Labute approximate surface area is 246 Å². The van der Waals surface area contributed by atoms with Crippen LogP contribution in [0.5, 0.6) is 0 Å². The molecule has 220 valence electrons. The van der Waals surface area contributed by atoms with Crippen molar-refractivity contribution in [1.82, 2.24) is 19.7 Å². The lowest BCUT2D eigenvalue weighted by atomic mass is 9.93. The summed E-state index contributed by atoms with van der Waals surface area (Å²) < 4.78 is 28.4. The van der Waals surface area contributed by atoms with Gasteiger partial charge in [-0.05, 0) is 55.2 Å². The summed E-state index contributed by atoms with van der Waals surface area (Å²) in [4.78, 5) is 32.9. The van der Waals surface area contributed by atoms with Gasteiger partial charge < -0.3 is 16.0 Å². The number of rotatable bonds is 5. The quantitative estimate of drug-likeness (QED) is 0.271. The van der Waals surface area contributed by atoms with Crippen molar-refractivity contribution in [3.05, 3.63) is 77.5 Å². The smallest absolute Gasteiger partial charge is 0.333 e. The summed E-state index contributed by atoms with van der Waals surface area (Å²) in [5.41, 5.74) is 8.87. The topological polar surface area (TPSA) is 135 Å². The van der Waals surface area contributed by atoms with Gasteiger partial charge in [0.1, 0.15) is 0 Å². The van der Waals surface area contributed by atoms with Crippen molar-refractivity contribution in [1.29, 1.82) is 0 Å². The maximum Gasteiger partial charge on any atom is 0.333 e. The summed E-state index contributed by atoms with van der Waals surface area (Å²) in [5, 5.41) is 8.44. The van der Waals surface area contributed by atoms with Gasteiger partial charge in [-0.25, -0.2) is 10.5 Å². The molecule has 0 aliphatic carbocycles. The number of fused-ring (bicyclic) bond motifs is 4. The van der Waals surface area contributed by atoms with Crippen LogP contribution in [0.15, 0.2) is 61.2 Å². The SMILES string of the molecule is CC1CCCC(N2CCC(c3cc(Cl)ccc3N(N)/C=C\N)=CC2=O)c2cc(ccn2)-c2c(cnn2C(F)F)NC1=O. The maximum absolute atomic E-state index is 13.9. The highest BCUT2D eigenvalue weighted by Gasteiger charge is 2.31. The lowest BCUT2D eigenvalue weighted by Crippen LogP contribution is -2.38. The molecule has 0 fully saturated rings. The molecule has 1 aromatic carbocycles. The van der Waals surface area contributed by atoms with Crippen LogP contribution in [-0.4, -0.2) is 38.0 Å². The van der Waals surface area contributed by atoms with Crippen LogP contribution >= 0.6 is 11.6 Å². The fourth-order valence-corrected chi connectivity index (χ4v) is 5.65. The van der Waals surface area contributed by atoms with Gasteiger partial charge in [0.15, 0.2) is 0 Å². The van der Waals surface area contributed by atoms with Crippen LogP contribution in [0.4, 0.5) is 20.2 Å². The minimum Gasteiger partial charge on any atom is -0.403 e. The van der Waals surface area contributed by atoms with Crippen LogP contribution in [-0.2, 0) is 9.59 Å². The standard InChI is InChI=1S/C29H31ClF2N8O2/c1-17-3-2-4-25(22-13-19(7-10-35-22)27-23(37-28(17)42)16-36-40(27)29(31)32)38-11-8-18(14-26(38)41)21-15-20(30)5-6-24(21)39(34)12-9-33/h5-7,9-10,12-17,25,29H,2-4,8,11,33-34H2,1H3,(H,37,42)/b12-9-. The molecule has 2 aliphatic heterocycles. The minimum absolute atomic E-state index is 0.0760. The van der Waals surface area contributed by atoms with Gasteiger partial charge in [-0.3, -0.25) is 19.6 Å². The Morgan fingerprint density at radius 2 is 2.02 bits per heavy atom. The van der Waals surface area contributed by atoms with Gasteiger partial charge in [-0.2, -0.15) is 13.9 Å². The largest absolute Gasteiger partial charge is 0.403 e. The molecule has 2 atom stereocenters. The number of aromatic nitrogens is 3. The third-order valence-electron chi connectivity index (χ3n) is 7.60. The molecule has 2 bridgehead atoms. The monoisotopic (exact) mass is 596 g/mol. The first-order valence-electron chi connectivity index (χ1n) is 13.5. The molecular formula is C29H31ClF2N8O2. The van der Waals surface area contributed by atoms with Crippen molar-refractivity contribution in [2.45, 2.75) is 45.2 Å². The van der Waals surface area contributed by atoms with Crippen molar-refractivity contribution in [2.75, 3.05) is 16.9 Å². The second-order valence-electron chi connectivity index (χ2n) is 10.3. The van der Waals surface area contributed by atoms with Crippen LogP contribution in [0.2, 0.25) is 5.02 Å². The molecule has 2 aliphatic rings. The normalized spacial score (nSPS) is 19.7. The Kier molecular flexibility index (Phi) is 8.55. The molecule has 0 saturated heterocycles. The van der Waals surface area contributed by atoms with Gasteiger partial charge in [-0.1, -0.05) is 24.9 Å². The summed E-state index contributed by atoms with van der Waals surface area (Å²) >= 11 is 6.30. The molecule has 2 amide bonds. The molecule has 2 aromatic heterocycles. The van der Waals surface area contributed by atoms with Crippen molar-refractivity contribution in [3.63, 3.8) is 0 Å². The third-order valence-corrected chi connectivity index (χ3v) is 7.84. The Hall–Kier alpha value is -4.29. The van der Waals surface area contributed by atoms with E-state index in [-0.39, 0.29) is 29.1 Å². The van der Waals surface area contributed by atoms with E-state index in [0.29, 0.717) is 64.4 Å². The lowest BCUT2D eigenvalue weighted by Gasteiger charge is -2.35. The highest BCUT2D eigenvalue weighted by Crippen LogP contribution is 2.38. The first kappa shape index (κ1) is 29.2. The molecule has 42 heavy (non-hydrogen) atoms. The van der Waals surface area contributed by atoms with Crippen LogP contribution in [0, 0.1) is 5.92 Å². The Morgan fingerprint density at radius 3 is 2.76 bits per heavy atom. The molecule has 13 heteroatoms. The number of carbonyl (C=O) groups excluding carboxylic acids is 2. The van der Waals surface area contributed by atoms with Gasteiger partial charge in [0.2, 0.25) is 11.8 Å². The predicted molar refractivity (Wildman–Crippen MR) is 157 cm³/mol. The lowest BCUT2D eigenvalue weighted by molar-refractivity contribution is -0.129. The Morgan fingerprint density at radius 1 is 1.21 bits per heavy atom. The van der Waals surface area contributed by atoms with Crippen LogP contribution in [0.1, 0.15) is 56.5 Å². The van der Waals surface area contributed by atoms with Gasteiger partial charge in [-0.15, -0.1) is 0 Å². The molecule has 0 radical (unpaired) electrons. The van der Waals surface area contributed by atoms with E-state index >= 15 is 0 Å². The summed E-state index contributed by atoms with van der Waals surface area (Å²) in [6, 6.07) is 8.06. The summed E-state index contributed by atoms with van der Waals surface area (Å²) in [7, 11) is 0. The first-order chi connectivity index (χ1) is 20.2. The number of anilines is 2. The maximum atomic E-state index is 13.9. The van der Waals surface area contributed by atoms with Crippen LogP contribution in [0.25, 0.3) is 16.8 Å². The number of nitrogens with two attached hydrogens (primary N) is 2. The zero-order valence-electron chi connectivity index (χ0n) is 22.9. The number of pyridine rings is 1. The highest BCUT2D eigenvalue weighted by molar-refractivity contribution is 6.31. The molecule has 0 spiro atoms. The van der Waals surface area contributed by atoms with E-state index in [1.807, 2.05) is 0 Å². The summed E-state index contributed by atoms with van der Waals surface area (Å²) in [5.74, 6) is 5.25. The van der Waals surface area contributed by atoms with Crippen molar-refractivity contribution in [2.24, 2.45) is 17.5 Å². The van der Waals surface area contributed by atoms with Gasteiger partial charge in [0.05, 0.1) is 35.0 Å². The van der Waals surface area contributed by atoms with E-state index in [1.165, 1.54) is 29.8 Å². The molecule has 2 unspecified atom stereocenters. The van der Waals surface area contributed by atoms with Crippen molar-refractivity contribution in [3.8, 4) is 11.3 Å². The number of amides is 2. The molecule has 0 saturated carbocycles. The molecule has 5 N–H and O–H groups in total. The van der Waals surface area contributed by atoms with E-state index in [9.17, 15) is 18.4 Å². The van der Waals surface area contributed by atoms with E-state index in [2.05, 4.69) is 15.4 Å². The second-order valence-corrected chi connectivity index (χ2v) is 10.7. The molecule has 4 heterocycles. The molecule has 5 rings (SSSR count). The zero-order valence-corrected chi connectivity index (χ0v) is 23.6. The van der Waals surface area contributed by atoms with Gasteiger partial charge >= 0.3 is 6.55 Å². The number of hydrogen-bond donors (Lipinski definition) is 3. The number of nitrogens with zero attached hydrogens (tertiary/aromatic N) is 5. The van der Waals surface area contributed by atoms with Gasteiger partial charge in [0, 0.05) is 53.3 Å². The minimum atomic E-state index is -2.92. The van der Waals surface area contributed by atoms with Gasteiger partial charge in [0.25, 0.3) is 0 Å². The number of halogens is 3.